The summed E-state index contributed by atoms with van der Waals surface area (Å²) in [4.78, 5) is 27.4. The molecule has 0 amide bonds. The fourth-order valence-corrected chi connectivity index (χ4v) is 3.33. The van der Waals surface area contributed by atoms with Gasteiger partial charge in [0.15, 0.2) is 5.60 Å². The van der Waals surface area contributed by atoms with Crippen molar-refractivity contribution in [3.8, 4) is 0 Å². The number of carbonyl (C=O) groups is 2. The third kappa shape index (κ3) is 3.85. The Morgan fingerprint density at radius 2 is 1.91 bits per heavy atom. The highest BCUT2D eigenvalue weighted by Crippen LogP contribution is 2.43. The molecule has 7 nitrogen and oxygen atoms in total. The minimum Gasteiger partial charge on any atom is -0.478 e. The average Bonchev–Trinajstić information content (AvgIpc) is 2.90. The third-order valence-corrected chi connectivity index (χ3v) is 4.46. The largest absolute Gasteiger partial charge is 0.478 e. The molecule has 4 heterocycles. The summed E-state index contributed by atoms with van der Waals surface area (Å²) in [7, 11) is 0. The lowest BCUT2D eigenvalue weighted by molar-refractivity contribution is -0.136. The molecule has 0 aromatic rings. The van der Waals surface area contributed by atoms with Gasteiger partial charge in [-0.1, -0.05) is 12.1 Å². The molecule has 0 radical (unpaired) electrons. The smallest absolute Gasteiger partial charge is 0.328 e. The molecule has 1 spiro atoms. The Labute approximate surface area is 129 Å². The van der Waals surface area contributed by atoms with Gasteiger partial charge in [-0.05, 0) is 32.4 Å². The average molecular weight is 310 g/mol. The first-order valence-corrected chi connectivity index (χ1v) is 7.55. The number of hydrogen-bond donors (Lipinski definition) is 2. The summed E-state index contributed by atoms with van der Waals surface area (Å²) in [5, 5.41) is 19.9. The molecule has 0 aromatic heterocycles. The van der Waals surface area contributed by atoms with Crippen LogP contribution in [-0.2, 0) is 14.4 Å². The highest BCUT2D eigenvalue weighted by molar-refractivity contribution is 5.89. The minimum absolute atomic E-state index is 0.0852. The van der Waals surface area contributed by atoms with E-state index < -0.39 is 11.9 Å². The number of carboxylic acids is 2. The van der Waals surface area contributed by atoms with Crippen LogP contribution < -0.4 is 0 Å². The van der Waals surface area contributed by atoms with Crippen LogP contribution >= 0.6 is 0 Å². The van der Waals surface area contributed by atoms with Crippen molar-refractivity contribution in [1.29, 1.82) is 0 Å². The summed E-state index contributed by atoms with van der Waals surface area (Å²) in [6.07, 6.45) is 5.88. The molecule has 1 atom stereocenters. The molecule has 4 rings (SSSR count). The Balaban J connectivity index is 0.000000192. The number of nitrogens with zero attached hydrogens (tertiary/aromatic N) is 2. The fraction of sp³-hybridized carbons (Fsp3) is 0.667. The molecule has 122 valence electrons. The molecule has 2 bridgehead atoms. The second-order valence-electron chi connectivity index (χ2n) is 5.90. The van der Waals surface area contributed by atoms with Gasteiger partial charge >= 0.3 is 11.9 Å². The zero-order valence-electron chi connectivity index (χ0n) is 12.7. The number of piperidine rings is 3. The number of oxime groups is 1. The molecule has 7 heteroatoms. The monoisotopic (exact) mass is 310 g/mol. The van der Waals surface area contributed by atoms with E-state index in [0.29, 0.717) is 12.2 Å². The maximum atomic E-state index is 9.55. The quantitative estimate of drug-likeness (QED) is 0.763. The molecule has 0 aromatic carbocycles. The zero-order chi connectivity index (χ0) is 16.2. The molecule has 3 saturated heterocycles. The summed E-state index contributed by atoms with van der Waals surface area (Å²) in [5.41, 5.74) is 1.35. The fourth-order valence-electron chi connectivity index (χ4n) is 3.33. The van der Waals surface area contributed by atoms with Crippen LogP contribution in [0.1, 0.15) is 32.6 Å². The second-order valence-corrected chi connectivity index (χ2v) is 5.90. The van der Waals surface area contributed by atoms with E-state index in [2.05, 4.69) is 17.0 Å². The standard InChI is InChI=1S/C11H18N2O.C4H4O4/c1-2-10-7-11(14-12-10)8-13-5-3-9(11)4-6-13;5-3(6)1-2-4(7)8/h9H,2-8H2,1H3;1-2H,(H,5,6)(H,7,8)/b;2-1+. The van der Waals surface area contributed by atoms with Crippen LogP contribution in [0.15, 0.2) is 17.3 Å². The topological polar surface area (TPSA) is 99.4 Å². The molecular weight excluding hydrogens is 288 g/mol. The molecule has 4 aliphatic rings. The van der Waals surface area contributed by atoms with Crippen molar-refractivity contribution < 1.29 is 24.6 Å². The maximum absolute atomic E-state index is 9.55. The van der Waals surface area contributed by atoms with E-state index in [4.69, 9.17) is 15.1 Å². The Bertz CT molecular complexity index is 478. The van der Waals surface area contributed by atoms with Crippen molar-refractivity contribution in [1.82, 2.24) is 4.90 Å². The van der Waals surface area contributed by atoms with Crippen LogP contribution in [0.5, 0.6) is 0 Å². The highest BCUT2D eigenvalue weighted by Gasteiger charge is 2.51. The molecule has 2 N–H and O–H groups in total. The number of fused-ring (bicyclic) bond motifs is 2. The van der Waals surface area contributed by atoms with Gasteiger partial charge in [0.2, 0.25) is 0 Å². The summed E-state index contributed by atoms with van der Waals surface area (Å²) >= 11 is 0. The second kappa shape index (κ2) is 6.91. The lowest BCUT2D eigenvalue weighted by atomic mass is 9.73. The van der Waals surface area contributed by atoms with Crippen molar-refractivity contribution in [2.75, 3.05) is 19.6 Å². The van der Waals surface area contributed by atoms with E-state index in [-0.39, 0.29) is 5.60 Å². The minimum atomic E-state index is -1.26. The lowest BCUT2D eigenvalue weighted by Crippen LogP contribution is -2.59. The summed E-state index contributed by atoms with van der Waals surface area (Å²) < 4.78 is 0. The van der Waals surface area contributed by atoms with E-state index in [9.17, 15) is 9.59 Å². The Morgan fingerprint density at radius 1 is 1.32 bits per heavy atom. The Hall–Kier alpha value is -1.89. The van der Waals surface area contributed by atoms with E-state index in [1.165, 1.54) is 31.6 Å². The SMILES string of the molecule is CCC1=NOC2(C1)CN1CCC2CC1.O=C(O)/C=C/C(=O)O. The number of aliphatic carboxylic acids is 2. The first-order valence-electron chi connectivity index (χ1n) is 7.55. The van der Waals surface area contributed by atoms with Crippen molar-refractivity contribution >= 4 is 17.7 Å². The summed E-state index contributed by atoms with van der Waals surface area (Å²) in [6.45, 7) is 5.84. The lowest BCUT2D eigenvalue weighted by Gasteiger charge is -2.49. The van der Waals surface area contributed by atoms with Crippen LogP contribution in [0.4, 0.5) is 0 Å². The summed E-state index contributed by atoms with van der Waals surface area (Å²) in [6, 6.07) is 0. The van der Waals surface area contributed by atoms with Gasteiger partial charge in [-0.3, -0.25) is 4.90 Å². The van der Waals surface area contributed by atoms with Crippen molar-refractivity contribution in [2.24, 2.45) is 11.1 Å². The molecule has 4 aliphatic heterocycles. The number of carboxylic acid groups (broad SMARTS) is 2. The first kappa shape index (κ1) is 16.5. The number of hydrogen-bond acceptors (Lipinski definition) is 5. The van der Waals surface area contributed by atoms with Crippen LogP contribution in [0.3, 0.4) is 0 Å². The van der Waals surface area contributed by atoms with Crippen molar-refractivity contribution in [2.45, 2.75) is 38.2 Å². The van der Waals surface area contributed by atoms with Gasteiger partial charge < -0.3 is 15.1 Å². The van der Waals surface area contributed by atoms with Gasteiger partial charge in [-0.2, -0.15) is 0 Å². The van der Waals surface area contributed by atoms with Gasteiger partial charge in [0.1, 0.15) is 0 Å². The van der Waals surface area contributed by atoms with Gasteiger partial charge in [-0.15, -0.1) is 0 Å². The van der Waals surface area contributed by atoms with Crippen LogP contribution in [-0.4, -0.2) is 58.0 Å². The molecular formula is C15H22N2O5. The van der Waals surface area contributed by atoms with Gasteiger partial charge in [0, 0.05) is 31.0 Å². The summed E-state index contributed by atoms with van der Waals surface area (Å²) in [5.74, 6) is -1.75. The van der Waals surface area contributed by atoms with Crippen molar-refractivity contribution in [3.05, 3.63) is 12.2 Å². The predicted octanol–water partition coefficient (Wildman–Crippen LogP) is 1.35. The van der Waals surface area contributed by atoms with Crippen LogP contribution in [0, 0.1) is 5.92 Å². The van der Waals surface area contributed by atoms with E-state index >= 15 is 0 Å². The van der Waals surface area contributed by atoms with E-state index in [1.807, 2.05) is 0 Å². The predicted molar refractivity (Wildman–Crippen MR) is 79.7 cm³/mol. The Kier molecular flexibility index (Phi) is 5.18. The van der Waals surface area contributed by atoms with Crippen LogP contribution in [0.25, 0.3) is 0 Å². The van der Waals surface area contributed by atoms with E-state index in [1.54, 1.807) is 0 Å². The van der Waals surface area contributed by atoms with Crippen LogP contribution in [0.2, 0.25) is 0 Å². The van der Waals surface area contributed by atoms with E-state index in [0.717, 1.165) is 25.3 Å². The maximum Gasteiger partial charge on any atom is 0.328 e. The van der Waals surface area contributed by atoms with Gasteiger partial charge in [-0.25, -0.2) is 9.59 Å². The first-order chi connectivity index (χ1) is 10.4. The molecule has 3 fully saturated rings. The van der Waals surface area contributed by atoms with Gasteiger partial charge in [0.25, 0.3) is 0 Å². The normalized spacial score (nSPS) is 32.3. The van der Waals surface area contributed by atoms with Crippen molar-refractivity contribution in [3.63, 3.8) is 0 Å². The molecule has 22 heavy (non-hydrogen) atoms. The third-order valence-electron chi connectivity index (χ3n) is 4.46. The number of rotatable bonds is 3. The molecule has 1 unspecified atom stereocenters. The Morgan fingerprint density at radius 3 is 2.27 bits per heavy atom. The van der Waals surface area contributed by atoms with Gasteiger partial charge in [0.05, 0.1) is 5.71 Å². The molecule has 0 aliphatic carbocycles. The zero-order valence-corrected chi connectivity index (χ0v) is 12.7. The molecule has 0 saturated carbocycles. The highest BCUT2D eigenvalue weighted by atomic mass is 16.7.